The number of aromatic hydroxyl groups is 1. The molecule has 0 saturated carbocycles. The van der Waals surface area contributed by atoms with Crippen LogP contribution >= 0.6 is 12.0 Å². The summed E-state index contributed by atoms with van der Waals surface area (Å²) >= 11 is 0.973. The number of carbonyl (C=O) groups excluding carboxylic acids is 1. The molecule has 14 heavy (non-hydrogen) atoms. The Kier molecular flexibility index (Phi) is 4.32. The van der Waals surface area contributed by atoms with Crippen molar-refractivity contribution in [1.82, 2.24) is 0 Å². The van der Waals surface area contributed by atoms with E-state index in [0.29, 0.717) is 6.42 Å². The fourth-order valence-electron chi connectivity index (χ4n) is 0.876. The van der Waals surface area contributed by atoms with Crippen molar-refractivity contribution >= 4 is 18.0 Å². The lowest BCUT2D eigenvalue weighted by Gasteiger charge is -2.01. The molecule has 4 heteroatoms. The summed E-state index contributed by atoms with van der Waals surface area (Å²) in [6.45, 7) is 1.92. The number of hydrogen-bond donors (Lipinski definition) is 1. The van der Waals surface area contributed by atoms with E-state index in [2.05, 4.69) is 0 Å². The Morgan fingerprint density at radius 2 is 2.36 bits per heavy atom. The van der Waals surface area contributed by atoms with Gasteiger partial charge in [0.1, 0.15) is 5.75 Å². The summed E-state index contributed by atoms with van der Waals surface area (Å²) in [5.41, 5.74) is 0. The lowest BCUT2D eigenvalue weighted by molar-refractivity contribution is -0.133. The highest BCUT2D eigenvalue weighted by Crippen LogP contribution is 2.23. The third kappa shape index (κ3) is 3.70. The third-order valence-electron chi connectivity index (χ3n) is 1.50. The fraction of sp³-hybridized carbons (Fsp3) is 0.300. The van der Waals surface area contributed by atoms with E-state index >= 15 is 0 Å². The lowest BCUT2D eigenvalue weighted by atomic mass is 10.3. The molecular formula is C10H12O3S. The first kappa shape index (κ1) is 10.9. The van der Waals surface area contributed by atoms with Gasteiger partial charge < -0.3 is 9.29 Å². The van der Waals surface area contributed by atoms with E-state index in [9.17, 15) is 4.79 Å². The van der Waals surface area contributed by atoms with Crippen LogP contribution in [0.15, 0.2) is 29.2 Å². The molecule has 76 valence electrons. The predicted molar refractivity (Wildman–Crippen MR) is 55.0 cm³/mol. The molecule has 0 heterocycles. The molecule has 0 aliphatic carbocycles. The summed E-state index contributed by atoms with van der Waals surface area (Å²) in [7, 11) is 0. The normalized spacial score (nSPS) is 9.79. The molecule has 3 nitrogen and oxygen atoms in total. The van der Waals surface area contributed by atoms with E-state index in [-0.39, 0.29) is 11.7 Å². The van der Waals surface area contributed by atoms with Crippen LogP contribution in [0.4, 0.5) is 0 Å². The van der Waals surface area contributed by atoms with Crippen LogP contribution in [0.5, 0.6) is 5.75 Å². The quantitative estimate of drug-likeness (QED) is 0.779. The second-order valence-corrected chi connectivity index (χ2v) is 3.59. The SMILES string of the molecule is CCCC(=O)OSc1cccc(O)c1. The van der Waals surface area contributed by atoms with Crippen LogP contribution in [0.3, 0.4) is 0 Å². The smallest absolute Gasteiger partial charge is 0.318 e. The van der Waals surface area contributed by atoms with Gasteiger partial charge in [0.15, 0.2) is 0 Å². The second kappa shape index (κ2) is 5.54. The Bertz CT molecular complexity index is 312. The Balaban J connectivity index is 2.41. The van der Waals surface area contributed by atoms with Crippen LogP contribution in [0, 0.1) is 0 Å². The Labute approximate surface area is 87.3 Å². The van der Waals surface area contributed by atoms with Crippen LogP contribution in [-0.2, 0) is 8.98 Å². The van der Waals surface area contributed by atoms with Gasteiger partial charge in [0.25, 0.3) is 0 Å². The largest absolute Gasteiger partial charge is 0.508 e. The zero-order chi connectivity index (χ0) is 10.4. The fourth-order valence-corrected chi connectivity index (χ4v) is 1.45. The summed E-state index contributed by atoms with van der Waals surface area (Å²) in [5, 5.41) is 9.13. The molecule has 0 atom stereocenters. The highest BCUT2D eigenvalue weighted by Gasteiger charge is 2.03. The standard InChI is InChI=1S/C10H12O3S/c1-2-4-10(12)13-14-9-6-3-5-8(11)7-9/h3,5-7,11H,2,4H2,1H3. The molecule has 1 N–H and O–H groups in total. The summed E-state index contributed by atoms with van der Waals surface area (Å²) in [6, 6.07) is 6.58. The molecule has 0 aliphatic rings. The van der Waals surface area contributed by atoms with Crippen LogP contribution < -0.4 is 0 Å². The maximum absolute atomic E-state index is 11.0. The van der Waals surface area contributed by atoms with Gasteiger partial charge in [-0.2, -0.15) is 0 Å². The zero-order valence-electron chi connectivity index (χ0n) is 7.90. The van der Waals surface area contributed by atoms with Crippen LogP contribution in [0.1, 0.15) is 19.8 Å². The first-order chi connectivity index (χ1) is 6.72. The highest BCUT2D eigenvalue weighted by molar-refractivity contribution is 7.95. The van der Waals surface area contributed by atoms with Crippen molar-refractivity contribution in [1.29, 1.82) is 0 Å². The molecule has 0 saturated heterocycles. The molecule has 0 bridgehead atoms. The van der Waals surface area contributed by atoms with Gasteiger partial charge in [-0.15, -0.1) is 0 Å². The molecule has 0 radical (unpaired) electrons. The van der Waals surface area contributed by atoms with Gasteiger partial charge in [-0.1, -0.05) is 13.0 Å². The summed E-state index contributed by atoms with van der Waals surface area (Å²) in [6.07, 6.45) is 1.20. The first-order valence-corrected chi connectivity index (χ1v) is 5.13. The third-order valence-corrected chi connectivity index (χ3v) is 2.22. The molecule has 1 aromatic rings. The molecule has 1 aromatic carbocycles. The van der Waals surface area contributed by atoms with Gasteiger partial charge in [-0.3, -0.25) is 4.79 Å². The summed E-state index contributed by atoms with van der Waals surface area (Å²) in [4.78, 5) is 11.7. The number of rotatable bonds is 4. The number of phenols is 1. The molecule has 1 rings (SSSR count). The average Bonchev–Trinajstić information content (AvgIpc) is 2.15. The van der Waals surface area contributed by atoms with Gasteiger partial charge in [0.05, 0.1) is 16.9 Å². The minimum atomic E-state index is -0.235. The Hall–Kier alpha value is -1.16. The van der Waals surface area contributed by atoms with Crippen LogP contribution in [0.2, 0.25) is 0 Å². The van der Waals surface area contributed by atoms with Crippen LogP contribution in [0.25, 0.3) is 0 Å². The maximum Gasteiger partial charge on any atom is 0.318 e. The van der Waals surface area contributed by atoms with E-state index < -0.39 is 0 Å². The molecule has 0 fully saturated rings. The number of carbonyl (C=O) groups is 1. The second-order valence-electron chi connectivity index (χ2n) is 2.79. The number of phenolic OH excluding ortho intramolecular Hbond substituents is 1. The average molecular weight is 212 g/mol. The highest BCUT2D eigenvalue weighted by atomic mass is 32.2. The monoisotopic (exact) mass is 212 g/mol. The van der Waals surface area contributed by atoms with Crippen molar-refractivity contribution in [3.63, 3.8) is 0 Å². The maximum atomic E-state index is 11.0. The molecule has 0 aliphatic heterocycles. The summed E-state index contributed by atoms with van der Waals surface area (Å²) < 4.78 is 4.89. The van der Waals surface area contributed by atoms with Crippen molar-refractivity contribution in [2.45, 2.75) is 24.7 Å². The van der Waals surface area contributed by atoms with E-state index in [1.54, 1.807) is 24.3 Å². The Morgan fingerprint density at radius 1 is 1.57 bits per heavy atom. The minimum Gasteiger partial charge on any atom is -0.508 e. The molecule has 0 unspecified atom stereocenters. The van der Waals surface area contributed by atoms with E-state index in [0.717, 1.165) is 23.4 Å². The summed E-state index contributed by atoms with van der Waals surface area (Å²) in [5.74, 6) is -0.0672. The van der Waals surface area contributed by atoms with Gasteiger partial charge in [0.2, 0.25) is 0 Å². The number of benzene rings is 1. The van der Waals surface area contributed by atoms with Crippen molar-refractivity contribution < 1.29 is 14.1 Å². The van der Waals surface area contributed by atoms with Gasteiger partial charge in [-0.05, 0) is 24.6 Å². The Morgan fingerprint density at radius 3 is 3.00 bits per heavy atom. The van der Waals surface area contributed by atoms with Crippen LogP contribution in [-0.4, -0.2) is 11.1 Å². The number of hydrogen-bond acceptors (Lipinski definition) is 4. The zero-order valence-corrected chi connectivity index (χ0v) is 8.71. The van der Waals surface area contributed by atoms with E-state index in [1.165, 1.54) is 0 Å². The minimum absolute atomic E-state index is 0.168. The van der Waals surface area contributed by atoms with Gasteiger partial charge in [-0.25, -0.2) is 0 Å². The topological polar surface area (TPSA) is 46.5 Å². The van der Waals surface area contributed by atoms with Gasteiger partial charge in [0, 0.05) is 6.42 Å². The van der Waals surface area contributed by atoms with Crippen molar-refractivity contribution in [3.8, 4) is 5.75 Å². The van der Waals surface area contributed by atoms with E-state index in [4.69, 9.17) is 9.29 Å². The van der Waals surface area contributed by atoms with Crippen molar-refractivity contribution in [2.75, 3.05) is 0 Å². The molecular weight excluding hydrogens is 200 g/mol. The predicted octanol–water partition coefficient (Wildman–Crippen LogP) is 2.74. The lowest BCUT2D eigenvalue weighted by Crippen LogP contribution is -1.96. The van der Waals surface area contributed by atoms with Crippen molar-refractivity contribution in [3.05, 3.63) is 24.3 Å². The van der Waals surface area contributed by atoms with Gasteiger partial charge >= 0.3 is 5.97 Å². The molecule has 0 spiro atoms. The molecule has 0 aromatic heterocycles. The molecule has 0 amide bonds. The first-order valence-electron chi connectivity index (χ1n) is 4.38. The van der Waals surface area contributed by atoms with Crippen molar-refractivity contribution in [2.24, 2.45) is 0 Å². The van der Waals surface area contributed by atoms with E-state index in [1.807, 2.05) is 6.92 Å².